The zero-order valence-electron chi connectivity index (χ0n) is 11.4. The minimum Gasteiger partial charge on any atom is -0.327 e. The van der Waals surface area contributed by atoms with Gasteiger partial charge >= 0.3 is 0 Å². The van der Waals surface area contributed by atoms with Crippen LogP contribution in [0.4, 0.5) is 0 Å². The van der Waals surface area contributed by atoms with E-state index >= 15 is 0 Å². The first-order chi connectivity index (χ1) is 9.63. The Balaban J connectivity index is 1.79. The second-order valence-corrected chi connectivity index (χ2v) is 6.12. The molecule has 106 valence electrons. The van der Waals surface area contributed by atoms with Crippen LogP contribution < -0.4 is 5.32 Å². The van der Waals surface area contributed by atoms with Crippen molar-refractivity contribution >= 4 is 23.2 Å². The summed E-state index contributed by atoms with van der Waals surface area (Å²) in [6.45, 7) is 3.60. The van der Waals surface area contributed by atoms with Crippen LogP contribution in [-0.2, 0) is 13.1 Å². The number of aryl methyl sites for hydroxylation is 1. The Bertz CT molecular complexity index is 618. The molecule has 1 fully saturated rings. The summed E-state index contributed by atoms with van der Waals surface area (Å²) in [7, 11) is 0. The predicted octanol–water partition coefficient (Wildman–Crippen LogP) is 3.80. The molecule has 1 N–H and O–H groups in total. The largest absolute Gasteiger partial charge is 0.327 e. The summed E-state index contributed by atoms with van der Waals surface area (Å²) in [6, 6.07) is 6.32. The van der Waals surface area contributed by atoms with Gasteiger partial charge < -0.3 is 9.88 Å². The van der Waals surface area contributed by atoms with E-state index in [-0.39, 0.29) is 0 Å². The molecule has 0 atom stereocenters. The maximum Gasteiger partial charge on any atom is 0.106 e. The van der Waals surface area contributed by atoms with Crippen LogP contribution in [0.2, 0.25) is 10.0 Å². The van der Waals surface area contributed by atoms with Gasteiger partial charge in [0, 0.05) is 28.8 Å². The van der Waals surface area contributed by atoms with Crippen molar-refractivity contribution in [3.05, 3.63) is 51.5 Å². The van der Waals surface area contributed by atoms with Gasteiger partial charge in [-0.15, -0.1) is 0 Å². The van der Waals surface area contributed by atoms with Crippen LogP contribution in [0, 0.1) is 6.92 Å². The fraction of sp³-hybridized carbons (Fsp3) is 0.400. The highest BCUT2D eigenvalue weighted by atomic mass is 35.5. The minimum atomic E-state index is 0.664. The van der Waals surface area contributed by atoms with Gasteiger partial charge in [-0.25, -0.2) is 4.98 Å². The molecular weight excluding hydrogens is 293 g/mol. The van der Waals surface area contributed by atoms with Gasteiger partial charge in [0.1, 0.15) is 5.82 Å². The van der Waals surface area contributed by atoms with Crippen LogP contribution >= 0.6 is 23.2 Å². The monoisotopic (exact) mass is 309 g/mol. The van der Waals surface area contributed by atoms with Gasteiger partial charge in [0.25, 0.3) is 0 Å². The molecule has 1 aromatic heterocycles. The molecule has 3 nitrogen and oxygen atoms in total. The number of halogens is 2. The Morgan fingerprint density at radius 2 is 2.15 bits per heavy atom. The summed E-state index contributed by atoms with van der Waals surface area (Å²) in [6.07, 6.45) is 4.51. The molecule has 0 saturated heterocycles. The highest BCUT2D eigenvalue weighted by Gasteiger charge is 2.21. The van der Waals surface area contributed by atoms with Gasteiger partial charge in [-0.05, 0) is 37.5 Å². The van der Waals surface area contributed by atoms with E-state index in [4.69, 9.17) is 23.2 Å². The van der Waals surface area contributed by atoms with Crippen LogP contribution in [0.1, 0.15) is 29.9 Å². The van der Waals surface area contributed by atoms with Gasteiger partial charge in [-0.1, -0.05) is 29.3 Å². The number of nitrogens with one attached hydrogen (secondary N) is 1. The molecule has 5 heteroatoms. The van der Waals surface area contributed by atoms with Crippen molar-refractivity contribution in [1.29, 1.82) is 0 Å². The maximum absolute atomic E-state index is 6.25. The molecule has 1 heterocycles. The number of aromatic nitrogens is 2. The zero-order valence-corrected chi connectivity index (χ0v) is 12.9. The average molecular weight is 310 g/mol. The van der Waals surface area contributed by atoms with Crippen molar-refractivity contribution in [3.63, 3.8) is 0 Å². The Morgan fingerprint density at radius 1 is 1.35 bits per heavy atom. The number of nitrogens with zero attached hydrogens (tertiary/aromatic N) is 2. The lowest BCUT2D eigenvalue weighted by Gasteiger charge is -2.12. The smallest absolute Gasteiger partial charge is 0.106 e. The highest BCUT2D eigenvalue weighted by molar-refractivity contribution is 6.35. The summed E-state index contributed by atoms with van der Waals surface area (Å²) in [5.41, 5.74) is 2.25. The van der Waals surface area contributed by atoms with Crippen molar-refractivity contribution < 1.29 is 0 Å². The topological polar surface area (TPSA) is 29.9 Å². The molecule has 0 radical (unpaired) electrons. The molecule has 2 aromatic rings. The molecule has 1 saturated carbocycles. The lowest BCUT2D eigenvalue weighted by atomic mass is 10.2. The summed E-state index contributed by atoms with van der Waals surface area (Å²) in [5.74, 6) is 1.00. The fourth-order valence-electron chi connectivity index (χ4n) is 2.23. The van der Waals surface area contributed by atoms with Gasteiger partial charge in [-0.3, -0.25) is 0 Å². The van der Waals surface area contributed by atoms with Gasteiger partial charge in [-0.2, -0.15) is 0 Å². The third-order valence-electron chi connectivity index (χ3n) is 3.63. The molecule has 0 amide bonds. The second-order valence-electron chi connectivity index (χ2n) is 5.27. The second kappa shape index (κ2) is 5.76. The lowest BCUT2D eigenvalue weighted by Crippen LogP contribution is -2.18. The molecule has 1 aliphatic rings. The lowest BCUT2D eigenvalue weighted by molar-refractivity contribution is 0.627. The van der Waals surface area contributed by atoms with Crippen molar-refractivity contribution in [1.82, 2.24) is 14.9 Å². The average Bonchev–Trinajstić information content (AvgIpc) is 3.17. The molecule has 1 aromatic carbocycles. The molecular formula is C15H17Cl2N3. The van der Waals surface area contributed by atoms with E-state index in [1.807, 2.05) is 25.3 Å². The minimum absolute atomic E-state index is 0.664. The predicted molar refractivity (Wildman–Crippen MR) is 82.4 cm³/mol. The molecule has 20 heavy (non-hydrogen) atoms. The first-order valence-corrected chi connectivity index (χ1v) is 7.57. The van der Waals surface area contributed by atoms with E-state index in [9.17, 15) is 0 Å². The van der Waals surface area contributed by atoms with Crippen LogP contribution in [0.25, 0.3) is 0 Å². The molecule has 0 aliphatic heterocycles. The number of imidazole rings is 1. The summed E-state index contributed by atoms with van der Waals surface area (Å²) < 4.78 is 2.20. The zero-order chi connectivity index (χ0) is 14.1. The highest BCUT2D eigenvalue weighted by Crippen LogP contribution is 2.23. The molecule has 0 spiro atoms. The van der Waals surface area contributed by atoms with Crippen LogP contribution in [0.3, 0.4) is 0 Å². The standard InChI is InChI=1S/C15H17Cl2N3/c1-10-18-7-14(8-19-13-4-5-13)20(10)9-11-2-3-12(16)6-15(11)17/h2-3,6-7,13,19H,4-5,8-9H2,1H3. The van der Waals surface area contributed by atoms with Crippen LogP contribution in [0.5, 0.6) is 0 Å². The Kier molecular flexibility index (Phi) is 4.01. The number of benzene rings is 1. The van der Waals surface area contributed by atoms with Crippen molar-refractivity contribution in [2.75, 3.05) is 0 Å². The Morgan fingerprint density at radius 3 is 2.85 bits per heavy atom. The SMILES string of the molecule is Cc1ncc(CNC2CC2)n1Cc1ccc(Cl)cc1Cl. The number of hydrogen-bond acceptors (Lipinski definition) is 2. The van der Waals surface area contributed by atoms with E-state index in [0.717, 1.165) is 24.5 Å². The van der Waals surface area contributed by atoms with E-state index in [0.29, 0.717) is 16.1 Å². The quantitative estimate of drug-likeness (QED) is 0.910. The molecule has 1 aliphatic carbocycles. The van der Waals surface area contributed by atoms with E-state index in [2.05, 4.69) is 14.9 Å². The van der Waals surface area contributed by atoms with Crippen LogP contribution in [0.15, 0.2) is 24.4 Å². The normalized spacial score (nSPS) is 14.8. The molecule has 0 bridgehead atoms. The fourth-order valence-corrected chi connectivity index (χ4v) is 2.70. The first-order valence-electron chi connectivity index (χ1n) is 6.82. The van der Waals surface area contributed by atoms with Crippen molar-refractivity contribution in [3.8, 4) is 0 Å². The first kappa shape index (κ1) is 13.9. The summed E-state index contributed by atoms with van der Waals surface area (Å²) in [5, 5.41) is 4.89. The van der Waals surface area contributed by atoms with Gasteiger partial charge in [0.15, 0.2) is 0 Å². The molecule has 3 rings (SSSR count). The van der Waals surface area contributed by atoms with E-state index in [1.54, 1.807) is 6.07 Å². The third kappa shape index (κ3) is 3.17. The summed E-state index contributed by atoms with van der Waals surface area (Å²) >= 11 is 12.2. The molecule has 0 unspecified atom stereocenters. The van der Waals surface area contributed by atoms with E-state index < -0.39 is 0 Å². The van der Waals surface area contributed by atoms with E-state index in [1.165, 1.54) is 18.5 Å². The van der Waals surface area contributed by atoms with Gasteiger partial charge in [0.2, 0.25) is 0 Å². The van der Waals surface area contributed by atoms with Crippen molar-refractivity contribution in [2.45, 2.75) is 38.9 Å². The van der Waals surface area contributed by atoms with Crippen molar-refractivity contribution in [2.24, 2.45) is 0 Å². The summed E-state index contributed by atoms with van der Waals surface area (Å²) in [4.78, 5) is 4.41. The van der Waals surface area contributed by atoms with Crippen LogP contribution in [-0.4, -0.2) is 15.6 Å². The Labute approximate surface area is 128 Å². The maximum atomic E-state index is 6.25. The Hall–Kier alpha value is -1.03. The number of rotatable bonds is 5. The van der Waals surface area contributed by atoms with Gasteiger partial charge in [0.05, 0.1) is 12.2 Å². The third-order valence-corrected chi connectivity index (χ3v) is 4.22. The number of hydrogen-bond donors (Lipinski definition) is 1.